The summed E-state index contributed by atoms with van der Waals surface area (Å²) in [6, 6.07) is 1.84. The monoisotopic (exact) mass is 433 g/mol. The van der Waals surface area contributed by atoms with E-state index in [4.69, 9.17) is 20.3 Å². The number of hydrogen-bond donors (Lipinski definition) is 2. The van der Waals surface area contributed by atoms with E-state index in [1.54, 1.807) is 0 Å². The van der Waals surface area contributed by atoms with Gasteiger partial charge in [0.2, 0.25) is 0 Å². The molecule has 3 N–H and O–H groups in total. The fraction of sp³-hybridized carbons (Fsp3) is 0.474. The first kappa shape index (κ1) is 23.6. The molecule has 2 rings (SSSR count). The number of anilines is 1. The highest BCUT2D eigenvalue weighted by Crippen LogP contribution is 2.39. The third-order valence-corrected chi connectivity index (χ3v) is 4.94. The molecule has 0 saturated heterocycles. The summed E-state index contributed by atoms with van der Waals surface area (Å²) in [5.74, 6) is -6.03. The van der Waals surface area contributed by atoms with Crippen molar-refractivity contribution in [2.75, 3.05) is 20.0 Å². The van der Waals surface area contributed by atoms with Crippen molar-refractivity contribution in [3.63, 3.8) is 0 Å². The minimum Gasteiger partial charge on any atom is -0.481 e. The largest absolute Gasteiger partial charge is 0.481 e. The van der Waals surface area contributed by atoms with Crippen LogP contribution in [-0.2, 0) is 20.1 Å². The van der Waals surface area contributed by atoms with Gasteiger partial charge in [0.1, 0.15) is 0 Å². The fourth-order valence-electron chi connectivity index (χ4n) is 3.23. The number of nitrogen functional groups attached to an aromatic ring is 1. The fourth-order valence-corrected chi connectivity index (χ4v) is 3.23. The van der Waals surface area contributed by atoms with Crippen LogP contribution in [0.4, 0.5) is 23.2 Å². The van der Waals surface area contributed by atoms with E-state index in [-0.39, 0.29) is 41.8 Å². The zero-order chi connectivity index (χ0) is 22.6. The Morgan fingerprint density at radius 1 is 1.30 bits per heavy atom. The molecule has 0 saturated carbocycles. The van der Waals surface area contributed by atoms with Gasteiger partial charge >= 0.3 is 12.5 Å². The van der Waals surface area contributed by atoms with Crippen molar-refractivity contribution in [2.24, 2.45) is 5.92 Å². The van der Waals surface area contributed by atoms with Crippen molar-refractivity contribution in [1.29, 1.82) is 0 Å². The van der Waals surface area contributed by atoms with Crippen LogP contribution >= 0.6 is 0 Å². The van der Waals surface area contributed by atoms with Crippen molar-refractivity contribution in [3.8, 4) is 11.3 Å². The molecule has 0 bridgehead atoms. The number of ether oxygens (including phenoxy) is 2. The molecule has 0 fully saturated rings. The second kappa shape index (κ2) is 9.43. The number of alkyl halides is 2. The number of nitrogens with two attached hydrogens (primary N) is 1. The van der Waals surface area contributed by atoms with Crippen molar-refractivity contribution >= 4 is 11.7 Å². The van der Waals surface area contributed by atoms with Crippen LogP contribution in [0.2, 0.25) is 0 Å². The average molecular weight is 433 g/mol. The predicted molar refractivity (Wildman–Crippen MR) is 99.6 cm³/mol. The number of benzene rings is 1. The van der Waals surface area contributed by atoms with Gasteiger partial charge in [-0.2, -0.15) is 13.9 Å². The lowest BCUT2D eigenvalue weighted by molar-refractivity contribution is -0.223. The Labute approximate surface area is 170 Å². The molecule has 0 aliphatic heterocycles. The molecular weight excluding hydrogens is 410 g/mol. The first-order chi connectivity index (χ1) is 14.1. The van der Waals surface area contributed by atoms with E-state index in [9.17, 15) is 22.4 Å². The maximum atomic E-state index is 14.7. The minimum absolute atomic E-state index is 0.0129. The molecule has 11 heteroatoms. The molecule has 0 aliphatic rings. The number of aromatic nitrogens is 2. The SMILES string of the molecule is COC(CCC[C@@H](C)C(=O)O)(OC)c1cc(-c2c(N)cnn2C(F)F)cc(F)c1F. The van der Waals surface area contributed by atoms with E-state index < -0.39 is 35.9 Å². The molecule has 0 aliphatic carbocycles. The van der Waals surface area contributed by atoms with Crippen molar-refractivity contribution in [1.82, 2.24) is 9.78 Å². The van der Waals surface area contributed by atoms with Gasteiger partial charge in [-0.1, -0.05) is 6.92 Å². The number of aliphatic carboxylic acids is 1. The van der Waals surface area contributed by atoms with E-state index in [2.05, 4.69) is 5.10 Å². The van der Waals surface area contributed by atoms with Gasteiger partial charge in [-0.3, -0.25) is 4.79 Å². The summed E-state index contributed by atoms with van der Waals surface area (Å²) in [5.41, 5.74) is 4.77. The van der Waals surface area contributed by atoms with E-state index in [0.29, 0.717) is 4.68 Å². The van der Waals surface area contributed by atoms with Crippen LogP contribution in [0.3, 0.4) is 0 Å². The minimum atomic E-state index is -3.05. The third kappa shape index (κ3) is 4.57. The first-order valence-electron chi connectivity index (χ1n) is 9.02. The molecule has 0 unspecified atom stereocenters. The Morgan fingerprint density at radius 2 is 1.93 bits per heavy atom. The Bertz CT molecular complexity index is 900. The lowest BCUT2D eigenvalue weighted by atomic mass is 9.93. The molecule has 0 amide bonds. The number of rotatable bonds is 10. The van der Waals surface area contributed by atoms with Gasteiger partial charge in [-0.15, -0.1) is 0 Å². The van der Waals surface area contributed by atoms with E-state index in [0.717, 1.165) is 18.3 Å². The van der Waals surface area contributed by atoms with Crippen LogP contribution in [0.15, 0.2) is 18.3 Å². The zero-order valence-corrected chi connectivity index (χ0v) is 16.7. The number of methoxy groups -OCH3 is 2. The number of carboxylic acid groups (broad SMARTS) is 1. The third-order valence-electron chi connectivity index (χ3n) is 4.94. The highest BCUT2D eigenvalue weighted by atomic mass is 19.3. The van der Waals surface area contributed by atoms with Gasteiger partial charge in [0.25, 0.3) is 0 Å². The van der Waals surface area contributed by atoms with Crippen LogP contribution in [0.1, 0.15) is 38.3 Å². The van der Waals surface area contributed by atoms with Crippen LogP contribution in [-0.4, -0.2) is 35.1 Å². The Balaban J connectivity index is 2.53. The number of nitrogens with zero attached hydrogens (tertiary/aromatic N) is 2. The van der Waals surface area contributed by atoms with Gasteiger partial charge in [-0.25, -0.2) is 13.5 Å². The molecule has 166 valence electrons. The quantitative estimate of drug-likeness (QED) is 0.432. The number of hydrogen-bond acceptors (Lipinski definition) is 5. The molecule has 7 nitrogen and oxygen atoms in total. The Morgan fingerprint density at radius 3 is 2.47 bits per heavy atom. The van der Waals surface area contributed by atoms with Gasteiger partial charge in [-0.05, 0) is 25.0 Å². The Hall–Kier alpha value is -2.66. The van der Waals surface area contributed by atoms with E-state index >= 15 is 0 Å². The zero-order valence-electron chi connectivity index (χ0n) is 16.7. The topological polar surface area (TPSA) is 99.6 Å². The van der Waals surface area contributed by atoms with E-state index in [1.165, 1.54) is 21.1 Å². The van der Waals surface area contributed by atoms with Gasteiger partial charge < -0.3 is 20.3 Å². The smallest absolute Gasteiger partial charge is 0.333 e. The summed E-state index contributed by atoms with van der Waals surface area (Å²) < 4.78 is 66.7. The summed E-state index contributed by atoms with van der Waals surface area (Å²) in [4.78, 5) is 11.0. The summed E-state index contributed by atoms with van der Waals surface area (Å²) >= 11 is 0. The highest BCUT2D eigenvalue weighted by Gasteiger charge is 2.37. The van der Waals surface area contributed by atoms with Gasteiger partial charge in [0.15, 0.2) is 17.4 Å². The summed E-state index contributed by atoms with van der Waals surface area (Å²) in [7, 11) is 2.43. The lowest BCUT2D eigenvalue weighted by Gasteiger charge is -2.32. The average Bonchev–Trinajstić information content (AvgIpc) is 3.09. The first-order valence-corrected chi connectivity index (χ1v) is 9.02. The Kier molecular flexibility index (Phi) is 7.43. The van der Waals surface area contributed by atoms with Crippen LogP contribution in [0.5, 0.6) is 0 Å². The summed E-state index contributed by atoms with van der Waals surface area (Å²) in [5, 5.41) is 12.5. The lowest BCUT2D eigenvalue weighted by Crippen LogP contribution is -2.32. The van der Waals surface area contributed by atoms with Crippen molar-refractivity contribution in [2.45, 2.75) is 38.5 Å². The second-order valence-electron chi connectivity index (χ2n) is 6.78. The highest BCUT2D eigenvalue weighted by molar-refractivity contribution is 5.73. The van der Waals surface area contributed by atoms with Crippen LogP contribution < -0.4 is 5.73 Å². The molecule has 2 aromatic rings. The number of carbonyl (C=O) groups is 1. The van der Waals surface area contributed by atoms with E-state index in [1.807, 2.05) is 0 Å². The predicted octanol–water partition coefficient (Wildman–Crippen LogP) is 4.14. The van der Waals surface area contributed by atoms with Crippen LogP contribution in [0.25, 0.3) is 11.3 Å². The molecule has 1 aromatic heterocycles. The molecular formula is C19H23F4N3O4. The second-order valence-corrected chi connectivity index (χ2v) is 6.78. The molecule has 1 heterocycles. The maximum absolute atomic E-state index is 14.7. The summed E-state index contributed by atoms with van der Waals surface area (Å²) in [6.45, 7) is -1.54. The number of halogens is 4. The molecule has 0 spiro atoms. The maximum Gasteiger partial charge on any atom is 0.333 e. The normalized spacial score (nSPS) is 13.1. The van der Waals surface area contributed by atoms with Gasteiger partial charge in [0, 0.05) is 26.2 Å². The van der Waals surface area contributed by atoms with Crippen LogP contribution in [0, 0.1) is 17.6 Å². The number of carboxylic acids is 1. The summed E-state index contributed by atoms with van der Waals surface area (Å²) in [6.07, 6.45) is 1.45. The molecule has 1 atom stereocenters. The standard InChI is InChI=1S/C19H23F4N3O4/c1-10(17(27)28)5-4-6-19(29-2,30-3)12-7-11(8-13(20)15(12)21)16-14(24)9-25-26(16)18(22)23/h7-10,18H,4-6,24H2,1-3H3,(H,27,28)/t10-/m1/s1. The molecule has 30 heavy (non-hydrogen) atoms. The van der Waals surface area contributed by atoms with Crippen molar-refractivity contribution < 1.29 is 36.9 Å². The van der Waals surface area contributed by atoms with Crippen molar-refractivity contribution in [3.05, 3.63) is 35.5 Å². The van der Waals surface area contributed by atoms with Gasteiger partial charge in [0.05, 0.1) is 29.1 Å². The molecule has 0 radical (unpaired) electrons. The molecule has 1 aromatic carbocycles.